The van der Waals surface area contributed by atoms with Gasteiger partial charge in [0.25, 0.3) is 5.78 Å². The van der Waals surface area contributed by atoms with Gasteiger partial charge in [-0.1, -0.05) is 29.8 Å². The van der Waals surface area contributed by atoms with Gasteiger partial charge in [0, 0.05) is 23.5 Å². The SMILES string of the molecule is Cc1ccc([C@H]2CCCN2C(=O)Cc2c(C)nc3nc(N)nn3c2C)cc1. The highest BCUT2D eigenvalue weighted by Gasteiger charge is 2.30. The molecule has 1 atom stereocenters. The van der Waals surface area contributed by atoms with Crippen LogP contribution in [0.25, 0.3) is 5.78 Å². The fourth-order valence-corrected chi connectivity index (χ4v) is 3.93. The number of rotatable bonds is 3. The maximum absolute atomic E-state index is 13.1. The van der Waals surface area contributed by atoms with E-state index in [1.807, 2.05) is 18.7 Å². The number of benzene rings is 1. The van der Waals surface area contributed by atoms with Gasteiger partial charge >= 0.3 is 0 Å². The highest BCUT2D eigenvalue weighted by atomic mass is 16.2. The average molecular weight is 364 g/mol. The zero-order valence-corrected chi connectivity index (χ0v) is 15.9. The van der Waals surface area contributed by atoms with Crippen LogP contribution in [0.5, 0.6) is 0 Å². The van der Waals surface area contributed by atoms with Crippen molar-refractivity contribution in [3.63, 3.8) is 0 Å². The molecule has 1 fully saturated rings. The first kappa shape index (κ1) is 17.5. The topological polar surface area (TPSA) is 89.4 Å². The molecule has 1 aromatic carbocycles. The molecule has 0 saturated carbocycles. The summed E-state index contributed by atoms with van der Waals surface area (Å²) in [6, 6.07) is 8.63. The van der Waals surface area contributed by atoms with E-state index in [2.05, 4.69) is 46.3 Å². The van der Waals surface area contributed by atoms with E-state index in [9.17, 15) is 4.79 Å². The van der Waals surface area contributed by atoms with E-state index in [-0.39, 0.29) is 17.9 Å². The van der Waals surface area contributed by atoms with Crippen molar-refractivity contribution in [2.45, 2.75) is 46.1 Å². The van der Waals surface area contributed by atoms with Crippen LogP contribution >= 0.6 is 0 Å². The van der Waals surface area contributed by atoms with Gasteiger partial charge in [0.2, 0.25) is 11.9 Å². The molecule has 3 aromatic rings. The van der Waals surface area contributed by atoms with Crippen molar-refractivity contribution >= 4 is 17.6 Å². The lowest BCUT2D eigenvalue weighted by Gasteiger charge is -2.26. The molecule has 0 bridgehead atoms. The lowest BCUT2D eigenvalue weighted by Crippen LogP contribution is -2.32. The number of nitrogens with two attached hydrogens (primary N) is 1. The highest BCUT2D eigenvalue weighted by molar-refractivity contribution is 5.80. The van der Waals surface area contributed by atoms with Crippen LogP contribution in [0.1, 0.15) is 47.0 Å². The standard InChI is InChI=1S/C20H24N6O/c1-12-6-8-15(9-7-12)17-5-4-10-25(17)18(27)11-16-13(2)22-20-23-19(21)24-26(20)14(16)3/h6-9,17H,4-5,10-11H2,1-3H3,(H2,21,24)/t17-/m1/s1. The molecule has 1 saturated heterocycles. The first-order valence-corrected chi connectivity index (χ1v) is 9.28. The summed E-state index contributed by atoms with van der Waals surface area (Å²) < 4.78 is 1.62. The number of aromatic nitrogens is 4. The minimum Gasteiger partial charge on any atom is -0.366 e. The number of carbonyl (C=O) groups excluding carboxylic acids is 1. The summed E-state index contributed by atoms with van der Waals surface area (Å²) >= 11 is 0. The monoisotopic (exact) mass is 364 g/mol. The molecule has 0 radical (unpaired) electrons. The number of fused-ring (bicyclic) bond motifs is 1. The Morgan fingerprint density at radius 3 is 2.67 bits per heavy atom. The molecule has 0 unspecified atom stereocenters. The summed E-state index contributed by atoms with van der Waals surface area (Å²) in [5.41, 5.74) is 10.7. The van der Waals surface area contributed by atoms with Gasteiger partial charge in [-0.25, -0.2) is 4.98 Å². The number of aryl methyl sites for hydroxylation is 3. The fraction of sp³-hybridized carbons (Fsp3) is 0.400. The molecule has 1 aliphatic rings. The predicted octanol–water partition coefficient (Wildman–Crippen LogP) is 2.54. The highest BCUT2D eigenvalue weighted by Crippen LogP contribution is 2.32. The fourth-order valence-electron chi connectivity index (χ4n) is 3.93. The Morgan fingerprint density at radius 1 is 1.19 bits per heavy atom. The molecular formula is C20H24N6O. The van der Waals surface area contributed by atoms with Crippen LogP contribution in [0, 0.1) is 20.8 Å². The largest absolute Gasteiger partial charge is 0.366 e. The van der Waals surface area contributed by atoms with Crippen LogP contribution in [0.4, 0.5) is 5.95 Å². The average Bonchev–Trinajstić information content (AvgIpc) is 3.25. The van der Waals surface area contributed by atoms with Gasteiger partial charge in [-0.2, -0.15) is 9.50 Å². The van der Waals surface area contributed by atoms with Crippen molar-refractivity contribution < 1.29 is 4.79 Å². The molecule has 0 aliphatic carbocycles. The third-order valence-electron chi connectivity index (χ3n) is 5.43. The van der Waals surface area contributed by atoms with Crippen LogP contribution in [0.15, 0.2) is 24.3 Å². The van der Waals surface area contributed by atoms with E-state index in [1.54, 1.807) is 4.52 Å². The molecule has 27 heavy (non-hydrogen) atoms. The molecule has 1 aliphatic heterocycles. The zero-order chi connectivity index (χ0) is 19.1. The van der Waals surface area contributed by atoms with Crippen molar-refractivity contribution in [2.24, 2.45) is 0 Å². The van der Waals surface area contributed by atoms with Crippen LogP contribution in [-0.4, -0.2) is 36.9 Å². The van der Waals surface area contributed by atoms with Gasteiger partial charge in [0.15, 0.2) is 0 Å². The molecule has 0 spiro atoms. The number of hydrogen-bond donors (Lipinski definition) is 1. The minimum absolute atomic E-state index is 0.124. The third-order valence-corrected chi connectivity index (χ3v) is 5.43. The lowest BCUT2D eigenvalue weighted by atomic mass is 10.0. The molecular weight excluding hydrogens is 340 g/mol. The second-order valence-corrected chi connectivity index (χ2v) is 7.28. The minimum atomic E-state index is 0.124. The van der Waals surface area contributed by atoms with E-state index in [0.29, 0.717) is 12.2 Å². The van der Waals surface area contributed by atoms with Gasteiger partial charge in [0.05, 0.1) is 12.5 Å². The van der Waals surface area contributed by atoms with Crippen LogP contribution in [0.2, 0.25) is 0 Å². The molecule has 2 N–H and O–H groups in total. The Kier molecular flexibility index (Phi) is 4.30. The normalized spacial score (nSPS) is 17.0. The maximum Gasteiger partial charge on any atom is 0.254 e. The van der Waals surface area contributed by atoms with Crippen LogP contribution in [-0.2, 0) is 11.2 Å². The molecule has 2 aromatic heterocycles. The summed E-state index contributed by atoms with van der Waals surface area (Å²) in [5.74, 6) is 0.781. The van der Waals surface area contributed by atoms with Gasteiger partial charge in [-0.15, -0.1) is 5.10 Å². The first-order valence-electron chi connectivity index (χ1n) is 9.28. The number of amides is 1. The van der Waals surface area contributed by atoms with Gasteiger partial charge in [-0.05, 0) is 39.2 Å². The van der Waals surface area contributed by atoms with E-state index >= 15 is 0 Å². The molecule has 3 heterocycles. The Balaban J connectivity index is 1.61. The first-order chi connectivity index (χ1) is 12.9. The van der Waals surface area contributed by atoms with Gasteiger partial charge in [-0.3, -0.25) is 4.79 Å². The number of hydrogen-bond acceptors (Lipinski definition) is 5. The Labute approximate surface area is 158 Å². The second-order valence-electron chi connectivity index (χ2n) is 7.28. The van der Waals surface area contributed by atoms with Crippen LogP contribution < -0.4 is 5.73 Å². The summed E-state index contributed by atoms with van der Waals surface area (Å²) in [7, 11) is 0. The van der Waals surface area contributed by atoms with Gasteiger partial charge < -0.3 is 10.6 Å². The van der Waals surface area contributed by atoms with Crippen molar-refractivity contribution in [1.82, 2.24) is 24.5 Å². The van der Waals surface area contributed by atoms with Gasteiger partial charge in [0.1, 0.15) is 0 Å². The Hall–Kier alpha value is -2.96. The Morgan fingerprint density at radius 2 is 1.93 bits per heavy atom. The smallest absolute Gasteiger partial charge is 0.254 e. The molecule has 7 heteroatoms. The van der Waals surface area contributed by atoms with Crippen molar-refractivity contribution in [3.05, 3.63) is 52.3 Å². The molecule has 140 valence electrons. The predicted molar refractivity (Wildman–Crippen MR) is 103 cm³/mol. The quantitative estimate of drug-likeness (QED) is 0.771. The number of likely N-dealkylation sites (tertiary alicyclic amines) is 1. The van der Waals surface area contributed by atoms with Crippen molar-refractivity contribution in [1.29, 1.82) is 0 Å². The van der Waals surface area contributed by atoms with Crippen molar-refractivity contribution in [2.75, 3.05) is 12.3 Å². The van der Waals surface area contributed by atoms with E-state index < -0.39 is 0 Å². The number of anilines is 1. The lowest BCUT2D eigenvalue weighted by molar-refractivity contribution is -0.131. The summed E-state index contributed by atoms with van der Waals surface area (Å²) in [4.78, 5) is 23.7. The van der Waals surface area contributed by atoms with E-state index in [0.717, 1.165) is 36.3 Å². The van der Waals surface area contributed by atoms with Crippen LogP contribution in [0.3, 0.4) is 0 Å². The number of nitrogens with zero attached hydrogens (tertiary/aromatic N) is 5. The Bertz CT molecular complexity index is 1010. The van der Waals surface area contributed by atoms with Crippen molar-refractivity contribution in [3.8, 4) is 0 Å². The van der Waals surface area contributed by atoms with E-state index in [1.165, 1.54) is 11.1 Å². The third kappa shape index (κ3) is 3.13. The summed E-state index contributed by atoms with van der Waals surface area (Å²) in [6.45, 7) is 6.70. The molecule has 1 amide bonds. The second kappa shape index (κ2) is 6.64. The zero-order valence-electron chi connectivity index (χ0n) is 15.9. The number of nitrogen functional groups attached to an aromatic ring is 1. The summed E-state index contributed by atoms with van der Waals surface area (Å²) in [5, 5.41) is 4.19. The summed E-state index contributed by atoms with van der Waals surface area (Å²) in [6.07, 6.45) is 2.34. The number of carbonyl (C=O) groups is 1. The molecule has 7 nitrogen and oxygen atoms in total. The maximum atomic E-state index is 13.1. The molecule has 4 rings (SSSR count). The van der Waals surface area contributed by atoms with E-state index in [4.69, 9.17) is 5.73 Å².